The quantitative estimate of drug-likeness (QED) is 0.474. The number of imidazole rings is 1. The molecule has 0 bridgehead atoms. The number of fused-ring (bicyclic) bond motifs is 3. The molecule has 6 heteroatoms. The maximum absolute atomic E-state index is 13.4. The second-order valence-electron chi connectivity index (χ2n) is 6.90. The van der Waals surface area contributed by atoms with E-state index in [1.54, 1.807) is 11.8 Å². The van der Waals surface area contributed by atoms with Crippen LogP contribution >= 0.6 is 24.2 Å². The molecule has 28 heavy (non-hydrogen) atoms. The summed E-state index contributed by atoms with van der Waals surface area (Å²) in [7, 11) is 2.05. The number of carbonyl (C=O) groups excluding carboxylic acids is 1. The zero-order chi connectivity index (χ0) is 18.4. The summed E-state index contributed by atoms with van der Waals surface area (Å²) in [5.74, 6) is 1.90. The fourth-order valence-electron chi connectivity index (χ4n) is 3.91. The van der Waals surface area contributed by atoms with Gasteiger partial charge in [0.2, 0.25) is 0 Å². The molecule has 0 radical (unpaired) electrons. The molecule has 2 aromatic carbocycles. The van der Waals surface area contributed by atoms with Crippen LogP contribution in [0.3, 0.4) is 0 Å². The topological polar surface area (TPSA) is 39.8 Å². The lowest BCUT2D eigenvalue weighted by Crippen LogP contribution is -2.26. The number of carbonyl (C=O) groups is 1. The van der Waals surface area contributed by atoms with Crippen LogP contribution in [0, 0.1) is 5.92 Å². The number of para-hydroxylation sites is 1. The monoisotopic (exact) mass is 409 g/mol. The Bertz CT molecular complexity index is 1150. The van der Waals surface area contributed by atoms with Crippen molar-refractivity contribution in [2.45, 2.75) is 11.6 Å². The first kappa shape index (κ1) is 18.8. The molecule has 1 aliphatic rings. The van der Waals surface area contributed by atoms with Crippen molar-refractivity contribution in [3.63, 3.8) is 0 Å². The highest BCUT2D eigenvalue weighted by molar-refractivity contribution is 7.99. The summed E-state index contributed by atoms with van der Waals surface area (Å²) in [6, 6.07) is 18.3. The van der Waals surface area contributed by atoms with Crippen molar-refractivity contribution in [1.82, 2.24) is 14.1 Å². The molecule has 0 N–H and O–H groups in total. The predicted octanol–water partition coefficient (Wildman–Crippen LogP) is 5.07. The van der Waals surface area contributed by atoms with E-state index in [1.807, 2.05) is 49.8 Å². The Morgan fingerprint density at radius 1 is 1.11 bits per heavy atom. The lowest BCUT2D eigenvalue weighted by Gasteiger charge is -2.23. The molecule has 0 fully saturated rings. The van der Waals surface area contributed by atoms with E-state index in [0.717, 1.165) is 38.6 Å². The highest BCUT2D eigenvalue weighted by Gasteiger charge is 2.33. The standard InChI is InChI=1S/C22H19N3OS.ClH/c1-24-18-10-6-5-9-17(18)19-20(26)16(14-27-22(19)24)13-25-12-11-23-21(25)15-7-3-2-4-8-15;/h2-12,16H,13-14H2,1H3;1H. The summed E-state index contributed by atoms with van der Waals surface area (Å²) in [5.41, 5.74) is 3.08. The number of ketones is 1. The largest absolute Gasteiger partial charge is 0.338 e. The Morgan fingerprint density at radius 3 is 2.68 bits per heavy atom. The molecule has 4 nitrogen and oxygen atoms in total. The van der Waals surface area contributed by atoms with Gasteiger partial charge in [-0.05, 0) is 6.07 Å². The molecular weight excluding hydrogens is 390 g/mol. The van der Waals surface area contributed by atoms with Crippen LogP contribution in [-0.4, -0.2) is 25.7 Å². The second kappa shape index (κ2) is 7.49. The molecule has 2 aromatic heterocycles. The van der Waals surface area contributed by atoms with Crippen LogP contribution < -0.4 is 0 Å². The van der Waals surface area contributed by atoms with Crippen molar-refractivity contribution in [2.75, 3.05) is 5.75 Å². The van der Waals surface area contributed by atoms with Gasteiger partial charge in [-0.25, -0.2) is 4.98 Å². The number of nitrogens with zero attached hydrogens (tertiary/aromatic N) is 3. The molecule has 0 amide bonds. The number of rotatable bonds is 3. The molecule has 0 saturated carbocycles. The third-order valence-corrected chi connectivity index (χ3v) is 6.58. The highest BCUT2D eigenvalue weighted by atomic mass is 35.5. The van der Waals surface area contributed by atoms with Gasteiger partial charge in [-0.2, -0.15) is 0 Å². The van der Waals surface area contributed by atoms with Crippen LogP contribution in [0.2, 0.25) is 0 Å². The van der Waals surface area contributed by atoms with Crippen LogP contribution in [0.25, 0.3) is 22.3 Å². The maximum atomic E-state index is 13.4. The minimum atomic E-state index is -0.0510. The number of aryl methyl sites for hydroxylation is 1. The molecule has 142 valence electrons. The van der Waals surface area contributed by atoms with Crippen LogP contribution in [0.5, 0.6) is 0 Å². The molecular formula is C22H20ClN3OS. The average molecular weight is 410 g/mol. The van der Waals surface area contributed by atoms with Crippen molar-refractivity contribution >= 4 is 40.9 Å². The van der Waals surface area contributed by atoms with E-state index in [1.165, 1.54) is 0 Å². The summed E-state index contributed by atoms with van der Waals surface area (Å²) in [6.45, 7) is 0.652. The summed E-state index contributed by atoms with van der Waals surface area (Å²) in [6.07, 6.45) is 3.78. The number of halogens is 1. The van der Waals surface area contributed by atoms with Gasteiger partial charge in [0.05, 0.1) is 10.6 Å². The minimum Gasteiger partial charge on any atom is -0.338 e. The molecule has 1 unspecified atom stereocenters. The van der Waals surface area contributed by atoms with E-state index in [-0.39, 0.29) is 24.1 Å². The zero-order valence-corrected chi connectivity index (χ0v) is 17.0. The molecule has 0 aliphatic carbocycles. The minimum absolute atomic E-state index is 0. The van der Waals surface area contributed by atoms with E-state index >= 15 is 0 Å². The van der Waals surface area contributed by atoms with Crippen molar-refractivity contribution in [3.8, 4) is 11.4 Å². The zero-order valence-electron chi connectivity index (χ0n) is 15.4. The van der Waals surface area contributed by atoms with Gasteiger partial charge in [-0.15, -0.1) is 24.2 Å². The van der Waals surface area contributed by atoms with E-state index in [0.29, 0.717) is 6.54 Å². The fraction of sp³-hybridized carbons (Fsp3) is 0.182. The Labute approximate surface area is 174 Å². The number of aromatic nitrogens is 3. The van der Waals surface area contributed by atoms with Gasteiger partial charge in [0, 0.05) is 54.1 Å². The Kier molecular flexibility index (Phi) is 5.04. The lowest BCUT2D eigenvalue weighted by molar-refractivity contribution is 0.0916. The predicted molar refractivity (Wildman–Crippen MR) is 116 cm³/mol. The van der Waals surface area contributed by atoms with Crippen LogP contribution in [0.4, 0.5) is 0 Å². The van der Waals surface area contributed by atoms with Crippen molar-refractivity contribution < 1.29 is 4.79 Å². The third kappa shape index (κ3) is 2.95. The molecule has 0 saturated heterocycles. The van der Waals surface area contributed by atoms with E-state index in [9.17, 15) is 4.79 Å². The number of hydrogen-bond acceptors (Lipinski definition) is 3. The van der Waals surface area contributed by atoms with Crippen LogP contribution in [0.1, 0.15) is 10.4 Å². The van der Waals surface area contributed by atoms with Gasteiger partial charge in [0.25, 0.3) is 0 Å². The van der Waals surface area contributed by atoms with Crippen LogP contribution in [0.15, 0.2) is 72.0 Å². The number of thioether (sulfide) groups is 1. The van der Waals surface area contributed by atoms with Gasteiger partial charge in [0.15, 0.2) is 5.78 Å². The summed E-state index contributed by atoms with van der Waals surface area (Å²) >= 11 is 1.78. The van der Waals surface area contributed by atoms with E-state index in [2.05, 4.69) is 38.4 Å². The Hall–Kier alpha value is -2.50. The second-order valence-corrected chi connectivity index (χ2v) is 7.91. The van der Waals surface area contributed by atoms with Gasteiger partial charge in [0.1, 0.15) is 5.82 Å². The maximum Gasteiger partial charge on any atom is 0.171 e. The molecule has 5 rings (SSSR count). The first-order valence-corrected chi connectivity index (χ1v) is 10.0. The Balaban J connectivity index is 0.00000192. The normalized spacial score (nSPS) is 16.0. The van der Waals surface area contributed by atoms with Crippen LogP contribution in [-0.2, 0) is 13.6 Å². The molecule has 1 aliphatic heterocycles. The van der Waals surface area contributed by atoms with Crippen molar-refractivity contribution in [2.24, 2.45) is 13.0 Å². The summed E-state index contributed by atoms with van der Waals surface area (Å²) in [5, 5.41) is 2.15. The van der Waals surface area contributed by atoms with Gasteiger partial charge >= 0.3 is 0 Å². The first-order chi connectivity index (χ1) is 13.2. The summed E-state index contributed by atoms with van der Waals surface area (Å²) < 4.78 is 4.25. The summed E-state index contributed by atoms with van der Waals surface area (Å²) in [4.78, 5) is 17.9. The Morgan fingerprint density at radius 2 is 1.86 bits per heavy atom. The molecule has 4 aromatic rings. The van der Waals surface area contributed by atoms with Gasteiger partial charge in [-0.3, -0.25) is 4.79 Å². The third-order valence-electron chi connectivity index (χ3n) is 5.26. The van der Waals surface area contributed by atoms with Crippen molar-refractivity contribution in [1.29, 1.82) is 0 Å². The molecule has 3 heterocycles. The molecule has 1 atom stereocenters. The number of hydrogen-bond donors (Lipinski definition) is 0. The van der Waals surface area contributed by atoms with Gasteiger partial charge in [-0.1, -0.05) is 48.5 Å². The fourth-order valence-corrected chi connectivity index (χ4v) is 5.18. The van der Waals surface area contributed by atoms with Gasteiger partial charge < -0.3 is 9.13 Å². The highest BCUT2D eigenvalue weighted by Crippen LogP contribution is 2.39. The average Bonchev–Trinajstić information content (AvgIpc) is 3.28. The number of benzene rings is 2. The number of Topliss-reactive ketones (excluding diaryl/α,β-unsaturated/α-hetero) is 1. The smallest absolute Gasteiger partial charge is 0.171 e. The van der Waals surface area contributed by atoms with E-state index in [4.69, 9.17) is 0 Å². The van der Waals surface area contributed by atoms with Crippen molar-refractivity contribution in [3.05, 3.63) is 72.6 Å². The lowest BCUT2D eigenvalue weighted by atomic mass is 9.98. The molecule has 0 spiro atoms. The van der Waals surface area contributed by atoms with E-state index < -0.39 is 0 Å². The SMILES string of the molecule is Cl.Cn1c2c(c3ccccc31)C(=O)C(Cn1ccnc1-c1ccccc1)CS2. The first-order valence-electron chi connectivity index (χ1n) is 9.05.